The van der Waals surface area contributed by atoms with Gasteiger partial charge in [0.1, 0.15) is 5.82 Å². The zero-order chi connectivity index (χ0) is 21.5. The van der Waals surface area contributed by atoms with Crippen molar-refractivity contribution in [2.75, 3.05) is 0 Å². The number of pyridine rings is 2. The number of aromatic nitrogens is 2. The zero-order valence-corrected chi connectivity index (χ0v) is 15.8. The van der Waals surface area contributed by atoms with Gasteiger partial charge in [-0.1, -0.05) is 18.2 Å². The van der Waals surface area contributed by atoms with Crippen LogP contribution in [0.5, 0.6) is 0 Å². The third kappa shape index (κ3) is 3.40. The van der Waals surface area contributed by atoms with Gasteiger partial charge in [0.2, 0.25) is 5.95 Å². The van der Waals surface area contributed by atoms with Gasteiger partial charge >= 0.3 is 6.55 Å². The van der Waals surface area contributed by atoms with E-state index in [4.69, 9.17) is 0 Å². The maximum Gasteiger partial charge on any atom is 0.321 e. The van der Waals surface area contributed by atoms with Crippen LogP contribution in [0.2, 0.25) is 0 Å². The Labute approximate surface area is 169 Å². The fourth-order valence-corrected chi connectivity index (χ4v) is 3.95. The number of benzene rings is 1. The molecule has 156 valence electrons. The summed E-state index contributed by atoms with van der Waals surface area (Å²) in [5.74, 6) is -1.06. The summed E-state index contributed by atoms with van der Waals surface area (Å²) in [6, 6.07) is 10.8. The molecule has 1 fully saturated rings. The van der Waals surface area contributed by atoms with Crippen LogP contribution in [-0.2, 0) is 5.54 Å². The molecule has 1 aromatic carbocycles. The van der Waals surface area contributed by atoms with Crippen molar-refractivity contribution in [2.45, 2.75) is 31.2 Å². The van der Waals surface area contributed by atoms with Crippen LogP contribution >= 0.6 is 0 Å². The number of alkyl halides is 2. The van der Waals surface area contributed by atoms with E-state index >= 15 is 0 Å². The fraction of sp³-hybridized carbons (Fsp3) is 0.238. The second-order valence-electron chi connectivity index (χ2n) is 7.14. The minimum Gasteiger partial charge on any atom is -0.293 e. The van der Waals surface area contributed by atoms with Gasteiger partial charge in [-0.05, 0) is 42.3 Å². The molecule has 0 saturated carbocycles. The van der Waals surface area contributed by atoms with Crippen molar-refractivity contribution in [2.24, 2.45) is 0 Å². The first-order chi connectivity index (χ1) is 14.3. The summed E-state index contributed by atoms with van der Waals surface area (Å²) in [7, 11) is 0. The standard InChI is InChI=1S/C21H18F4N4O/c1-12-21(14-3-6-16(22)7-4-14,15-5-8-17(23)26-10-15)28-19(27-12)13-2-9-18(30)29(11-13)20(24)25/h2-12,19-20,27-28H,1H3/t12-,19?,21+/m0/s1. The van der Waals surface area contributed by atoms with Crippen molar-refractivity contribution in [3.05, 3.63) is 99.7 Å². The van der Waals surface area contributed by atoms with Gasteiger partial charge in [-0.2, -0.15) is 13.2 Å². The second kappa shape index (κ2) is 7.66. The Bertz CT molecular complexity index is 1050. The zero-order valence-electron chi connectivity index (χ0n) is 15.8. The van der Waals surface area contributed by atoms with Crippen LogP contribution in [0.15, 0.2) is 65.7 Å². The molecule has 1 aliphatic heterocycles. The minimum absolute atomic E-state index is 0.327. The first kappa shape index (κ1) is 20.2. The predicted octanol–water partition coefficient (Wildman–Crippen LogP) is 3.44. The van der Waals surface area contributed by atoms with Crippen LogP contribution in [0.3, 0.4) is 0 Å². The highest BCUT2D eigenvalue weighted by Gasteiger charge is 2.47. The van der Waals surface area contributed by atoms with E-state index in [-0.39, 0.29) is 6.04 Å². The number of nitrogens with one attached hydrogen (secondary N) is 2. The number of hydrogen-bond donors (Lipinski definition) is 2. The summed E-state index contributed by atoms with van der Waals surface area (Å²) in [5.41, 5.74) is -0.0551. The van der Waals surface area contributed by atoms with Crippen molar-refractivity contribution in [1.29, 1.82) is 0 Å². The van der Waals surface area contributed by atoms with Gasteiger partial charge in [-0.15, -0.1) is 0 Å². The van der Waals surface area contributed by atoms with Gasteiger partial charge in [-0.3, -0.25) is 20.0 Å². The summed E-state index contributed by atoms with van der Waals surface area (Å²) >= 11 is 0. The first-order valence-corrected chi connectivity index (χ1v) is 9.23. The molecule has 3 aromatic rings. The molecule has 0 aliphatic carbocycles. The van der Waals surface area contributed by atoms with E-state index in [0.29, 0.717) is 21.3 Å². The molecule has 1 saturated heterocycles. The van der Waals surface area contributed by atoms with Crippen LogP contribution in [0, 0.1) is 11.8 Å². The monoisotopic (exact) mass is 418 g/mol. The fourth-order valence-electron chi connectivity index (χ4n) is 3.95. The summed E-state index contributed by atoms with van der Waals surface area (Å²) < 4.78 is 53.7. The van der Waals surface area contributed by atoms with Gasteiger partial charge in [0.05, 0.1) is 11.7 Å². The third-order valence-electron chi connectivity index (χ3n) is 5.43. The topological polar surface area (TPSA) is 59.0 Å². The molecule has 0 spiro atoms. The third-order valence-corrected chi connectivity index (χ3v) is 5.43. The average Bonchev–Trinajstić information content (AvgIpc) is 3.07. The summed E-state index contributed by atoms with van der Waals surface area (Å²) in [6.07, 6.45) is 1.86. The average molecular weight is 418 g/mol. The van der Waals surface area contributed by atoms with E-state index in [9.17, 15) is 22.4 Å². The van der Waals surface area contributed by atoms with E-state index in [2.05, 4.69) is 15.6 Å². The van der Waals surface area contributed by atoms with Gasteiger partial charge in [-0.25, -0.2) is 9.37 Å². The summed E-state index contributed by atoms with van der Waals surface area (Å²) in [4.78, 5) is 15.4. The number of nitrogens with zero attached hydrogens (tertiary/aromatic N) is 2. The molecule has 5 nitrogen and oxygen atoms in total. The lowest BCUT2D eigenvalue weighted by Crippen LogP contribution is -2.46. The van der Waals surface area contributed by atoms with Crippen LogP contribution in [0.1, 0.15) is 36.3 Å². The molecule has 3 atom stereocenters. The van der Waals surface area contributed by atoms with Crippen LogP contribution < -0.4 is 16.2 Å². The van der Waals surface area contributed by atoms with Gasteiger partial charge in [0.15, 0.2) is 0 Å². The molecule has 0 amide bonds. The predicted molar refractivity (Wildman–Crippen MR) is 102 cm³/mol. The van der Waals surface area contributed by atoms with Gasteiger partial charge < -0.3 is 0 Å². The summed E-state index contributed by atoms with van der Waals surface area (Å²) in [5, 5.41) is 6.66. The van der Waals surface area contributed by atoms with Crippen molar-refractivity contribution in [3.8, 4) is 0 Å². The van der Waals surface area contributed by atoms with Crippen molar-refractivity contribution in [3.63, 3.8) is 0 Å². The number of rotatable bonds is 4. The largest absolute Gasteiger partial charge is 0.321 e. The van der Waals surface area contributed by atoms with E-state index in [1.807, 2.05) is 6.92 Å². The Balaban J connectivity index is 1.82. The molecule has 0 bridgehead atoms. The molecule has 9 heteroatoms. The number of hydrogen-bond acceptors (Lipinski definition) is 4. The highest BCUT2D eigenvalue weighted by Crippen LogP contribution is 2.40. The lowest BCUT2D eigenvalue weighted by molar-refractivity contribution is 0.0659. The molecule has 3 heterocycles. The Morgan fingerprint density at radius 1 is 1.03 bits per heavy atom. The van der Waals surface area contributed by atoms with Crippen LogP contribution in [-0.4, -0.2) is 15.6 Å². The van der Waals surface area contributed by atoms with Crippen molar-refractivity contribution in [1.82, 2.24) is 20.2 Å². The molecule has 1 aliphatic rings. The SMILES string of the molecule is C[C@@H]1NC(c2ccc(=O)n(C(F)F)c2)N[C@]1(c1ccc(F)cc1)c1ccc(F)nc1. The molecule has 4 rings (SSSR count). The Kier molecular flexibility index (Phi) is 5.17. The Morgan fingerprint density at radius 2 is 1.73 bits per heavy atom. The molecule has 2 N–H and O–H groups in total. The van der Waals surface area contributed by atoms with E-state index in [1.165, 1.54) is 30.5 Å². The highest BCUT2D eigenvalue weighted by molar-refractivity contribution is 5.42. The quantitative estimate of drug-likeness (QED) is 0.504. The first-order valence-electron chi connectivity index (χ1n) is 9.23. The van der Waals surface area contributed by atoms with Crippen LogP contribution in [0.25, 0.3) is 0 Å². The van der Waals surface area contributed by atoms with E-state index in [1.54, 1.807) is 18.2 Å². The maximum absolute atomic E-state index is 13.5. The maximum atomic E-state index is 13.5. The van der Waals surface area contributed by atoms with Gasteiger partial charge in [0, 0.05) is 30.1 Å². The highest BCUT2D eigenvalue weighted by atomic mass is 19.3. The van der Waals surface area contributed by atoms with Gasteiger partial charge in [0.25, 0.3) is 5.56 Å². The minimum atomic E-state index is -2.97. The van der Waals surface area contributed by atoms with Crippen molar-refractivity contribution < 1.29 is 17.6 Å². The van der Waals surface area contributed by atoms with Crippen LogP contribution in [0.4, 0.5) is 17.6 Å². The summed E-state index contributed by atoms with van der Waals surface area (Å²) in [6.45, 7) is -1.11. The normalized spacial score (nSPS) is 23.8. The lowest BCUT2D eigenvalue weighted by Gasteiger charge is -2.34. The molecule has 0 radical (unpaired) electrons. The van der Waals surface area contributed by atoms with Crippen molar-refractivity contribution >= 4 is 0 Å². The molecular weight excluding hydrogens is 400 g/mol. The number of halogens is 4. The molecule has 30 heavy (non-hydrogen) atoms. The second-order valence-corrected chi connectivity index (χ2v) is 7.14. The molecule has 1 unspecified atom stereocenters. The molecule has 2 aromatic heterocycles. The Morgan fingerprint density at radius 3 is 2.37 bits per heavy atom. The smallest absolute Gasteiger partial charge is 0.293 e. The van der Waals surface area contributed by atoms with E-state index < -0.39 is 35.6 Å². The molecular formula is C21H18F4N4O. The lowest BCUT2D eigenvalue weighted by atomic mass is 9.79. The Hall–Kier alpha value is -3.04. The van der Waals surface area contributed by atoms with E-state index in [0.717, 1.165) is 12.3 Å².